The van der Waals surface area contributed by atoms with Gasteiger partial charge in [0.05, 0.1) is 6.20 Å². The standard InChI is InChI=1S/C17H23N3O/c1-3-18-16-9-8-15-14(16)6-5-7-17(15)21-12-13-10-19-20(4-2)11-13/h5-7,10-11,16,18H,3-4,8-9,12H2,1-2H3. The molecule has 1 unspecified atom stereocenters. The Morgan fingerprint density at radius 2 is 2.29 bits per heavy atom. The third-order valence-electron chi connectivity index (χ3n) is 4.08. The van der Waals surface area contributed by atoms with Gasteiger partial charge >= 0.3 is 0 Å². The number of hydrogen-bond acceptors (Lipinski definition) is 3. The van der Waals surface area contributed by atoms with Crippen molar-refractivity contribution < 1.29 is 4.74 Å². The average molecular weight is 285 g/mol. The van der Waals surface area contributed by atoms with Crippen LogP contribution in [0.15, 0.2) is 30.6 Å². The third kappa shape index (κ3) is 2.95. The summed E-state index contributed by atoms with van der Waals surface area (Å²) in [7, 11) is 0. The van der Waals surface area contributed by atoms with E-state index in [0.717, 1.165) is 37.2 Å². The first-order valence-electron chi connectivity index (χ1n) is 7.81. The van der Waals surface area contributed by atoms with Gasteiger partial charge in [-0.3, -0.25) is 4.68 Å². The van der Waals surface area contributed by atoms with Gasteiger partial charge in [0.1, 0.15) is 12.4 Å². The van der Waals surface area contributed by atoms with Gasteiger partial charge in [-0.05, 0) is 43.5 Å². The van der Waals surface area contributed by atoms with Crippen LogP contribution in [0, 0.1) is 0 Å². The molecule has 112 valence electrons. The summed E-state index contributed by atoms with van der Waals surface area (Å²) in [5.41, 5.74) is 3.89. The van der Waals surface area contributed by atoms with Crippen LogP contribution in [-0.2, 0) is 19.6 Å². The number of aryl methyl sites for hydroxylation is 1. The molecular formula is C17H23N3O. The van der Waals surface area contributed by atoms with E-state index in [4.69, 9.17) is 4.74 Å². The summed E-state index contributed by atoms with van der Waals surface area (Å²) >= 11 is 0. The van der Waals surface area contributed by atoms with Crippen LogP contribution in [-0.4, -0.2) is 16.3 Å². The van der Waals surface area contributed by atoms with Gasteiger partial charge in [-0.25, -0.2) is 0 Å². The maximum atomic E-state index is 6.04. The van der Waals surface area contributed by atoms with Crippen molar-refractivity contribution >= 4 is 0 Å². The Hall–Kier alpha value is -1.81. The molecule has 1 atom stereocenters. The molecule has 0 saturated carbocycles. The molecule has 0 radical (unpaired) electrons. The SMILES string of the molecule is CCNC1CCc2c(OCc3cnn(CC)c3)cccc21. The largest absolute Gasteiger partial charge is 0.488 e. The fourth-order valence-corrected chi connectivity index (χ4v) is 3.03. The van der Waals surface area contributed by atoms with E-state index in [1.54, 1.807) is 0 Å². The van der Waals surface area contributed by atoms with E-state index >= 15 is 0 Å². The molecule has 1 aliphatic carbocycles. The van der Waals surface area contributed by atoms with Crippen molar-refractivity contribution in [2.75, 3.05) is 6.54 Å². The highest BCUT2D eigenvalue weighted by Gasteiger charge is 2.24. The maximum Gasteiger partial charge on any atom is 0.123 e. The van der Waals surface area contributed by atoms with Crippen molar-refractivity contribution in [1.29, 1.82) is 0 Å². The second-order valence-corrected chi connectivity index (χ2v) is 5.47. The van der Waals surface area contributed by atoms with E-state index in [-0.39, 0.29) is 0 Å². The lowest BCUT2D eigenvalue weighted by Crippen LogP contribution is -2.18. The maximum absolute atomic E-state index is 6.04. The van der Waals surface area contributed by atoms with Crippen LogP contribution in [0.4, 0.5) is 0 Å². The van der Waals surface area contributed by atoms with Gasteiger partial charge in [-0.2, -0.15) is 5.10 Å². The predicted octanol–water partition coefficient (Wildman–Crippen LogP) is 3.08. The minimum Gasteiger partial charge on any atom is -0.488 e. The van der Waals surface area contributed by atoms with Gasteiger partial charge < -0.3 is 10.1 Å². The van der Waals surface area contributed by atoms with Crippen LogP contribution in [0.5, 0.6) is 5.75 Å². The number of fused-ring (bicyclic) bond motifs is 1. The Kier molecular flexibility index (Phi) is 4.25. The van der Waals surface area contributed by atoms with E-state index in [9.17, 15) is 0 Å². The summed E-state index contributed by atoms with van der Waals surface area (Å²) in [6.45, 7) is 6.73. The lowest BCUT2D eigenvalue weighted by Gasteiger charge is -2.14. The van der Waals surface area contributed by atoms with Crippen molar-refractivity contribution in [2.45, 2.75) is 45.9 Å². The molecule has 0 spiro atoms. The molecule has 4 nitrogen and oxygen atoms in total. The molecule has 0 aliphatic heterocycles. The Morgan fingerprint density at radius 1 is 1.38 bits per heavy atom. The van der Waals surface area contributed by atoms with Gasteiger partial charge in [0, 0.05) is 24.3 Å². The molecule has 0 bridgehead atoms. The number of benzene rings is 1. The van der Waals surface area contributed by atoms with Crippen molar-refractivity contribution in [3.05, 3.63) is 47.3 Å². The Bertz CT molecular complexity index is 606. The molecule has 1 aliphatic rings. The molecule has 0 saturated heterocycles. The average Bonchev–Trinajstić information content (AvgIpc) is 3.13. The van der Waals surface area contributed by atoms with Crippen LogP contribution in [0.3, 0.4) is 0 Å². The highest BCUT2D eigenvalue weighted by Crippen LogP contribution is 2.37. The van der Waals surface area contributed by atoms with Gasteiger partial charge in [-0.15, -0.1) is 0 Å². The topological polar surface area (TPSA) is 39.1 Å². The Morgan fingerprint density at radius 3 is 3.05 bits per heavy atom. The van der Waals surface area contributed by atoms with E-state index < -0.39 is 0 Å². The number of aromatic nitrogens is 2. The highest BCUT2D eigenvalue weighted by atomic mass is 16.5. The predicted molar refractivity (Wildman–Crippen MR) is 83.4 cm³/mol. The molecule has 4 heteroatoms. The van der Waals surface area contributed by atoms with Crippen molar-refractivity contribution in [3.8, 4) is 5.75 Å². The summed E-state index contributed by atoms with van der Waals surface area (Å²) in [6, 6.07) is 6.88. The Labute approximate surface area is 126 Å². The first kappa shape index (κ1) is 14.1. The monoisotopic (exact) mass is 285 g/mol. The van der Waals surface area contributed by atoms with Gasteiger partial charge in [0.2, 0.25) is 0 Å². The number of hydrogen-bond donors (Lipinski definition) is 1. The molecular weight excluding hydrogens is 262 g/mol. The fourth-order valence-electron chi connectivity index (χ4n) is 3.03. The zero-order chi connectivity index (χ0) is 14.7. The van der Waals surface area contributed by atoms with E-state index in [2.05, 4.69) is 42.5 Å². The van der Waals surface area contributed by atoms with Gasteiger partial charge in [0.15, 0.2) is 0 Å². The number of nitrogens with one attached hydrogen (secondary N) is 1. The van der Waals surface area contributed by atoms with E-state index in [1.807, 2.05) is 17.1 Å². The van der Waals surface area contributed by atoms with Crippen molar-refractivity contribution in [1.82, 2.24) is 15.1 Å². The molecule has 21 heavy (non-hydrogen) atoms. The second-order valence-electron chi connectivity index (χ2n) is 5.47. The number of rotatable bonds is 6. The van der Waals surface area contributed by atoms with Crippen molar-refractivity contribution in [2.24, 2.45) is 0 Å². The van der Waals surface area contributed by atoms with E-state index in [0.29, 0.717) is 12.6 Å². The highest BCUT2D eigenvalue weighted by molar-refractivity contribution is 5.45. The Balaban J connectivity index is 1.72. The lowest BCUT2D eigenvalue weighted by molar-refractivity contribution is 0.303. The van der Waals surface area contributed by atoms with Crippen LogP contribution in [0.25, 0.3) is 0 Å². The fraction of sp³-hybridized carbons (Fsp3) is 0.471. The molecule has 3 rings (SSSR count). The first-order valence-corrected chi connectivity index (χ1v) is 7.81. The summed E-state index contributed by atoms with van der Waals surface area (Å²) in [5, 5.41) is 7.83. The van der Waals surface area contributed by atoms with Gasteiger partial charge in [-0.1, -0.05) is 19.1 Å². The summed E-state index contributed by atoms with van der Waals surface area (Å²) in [6.07, 6.45) is 6.19. The van der Waals surface area contributed by atoms with E-state index in [1.165, 1.54) is 11.1 Å². The zero-order valence-electron chi connectivity index (χ0n) is 12.8. The third-order valence-corrected chi connectivity index (χ3v) is 4.08. The molecule has 0 fully saturated rings. The van der Waals surface area contributed by atoms with Crippen LogP contribution < -0.4 is 10.1 Å². The smallest absolute Gasteiger partial charge is 0.123 e. The number of ether oxygens (including phenoxy) is 1. The van der Waals surface area contributed by atoms with Crippen LogP contribution >= 0.6 is 0 Å². The molecule has 2 aromatic rings. The first-order chi connectivity index (χ1) is 10.3. The lowest BCUT2D eigenvalue weighted by atomic mass is 10.1. The second kappa shape index (κ2) is 6.31. The minimum absolute atomic E-state index is 0.483. The van der Waals surface area contributed by atoms with Crippen LogP contribution in [0.1, 0.15) is 43.0 Å². The summed E-state index contributed by atoms with van der Waals surface area (Å²) < 4.78 is 7.96. The zero-order valence-corrected chi connectivity index (χ0v) is 12.8. The minimum atomic E-state index is 0.483. The summed E-state index contributed by atoms with van der Waals surface area (Å²) in [5.74, 6) is 1.03. The molecule has 1 aromatic heterocycles. The normalized spacial score (nSPS) is 17.0. The van der Waals surface area contributed by atoms with Crippen molar-refractivity contribution in [3.63, 3.8) is 0 Å². The van der Waals surface area contributed by atoms with Crippen LogP contribution in [0.2, 0.25) is 0 Å². The molecule has 0 amide bonds. The van der Waals surface area contributed by atoms with Gasteiger partial charge in [0.25, 0.3) is 0 Å². The number of nitrogens with zero attached hydrogens (tertiary/aromatic N) is 2. The quantitative estimate of drug-likeness (QED) is 0.886. The summed E-state index contributed by atoms with van der Waals surface area (Å²) in [4.78, 5) is 0. The molecule has 1 N–H and O–H groups in total. The molecule has 1 heterocycles. The molecule has 1 aromatic carbocycles.